The van der Waals surface area contributed by atoms with Gasteiger partial charge in [-0.2, -0.15) is 0 Å². The van der Waals surface area contributed by atoms with Crippen LogP contribution in [0.5, 0.6) is 0 Å². The van der Waals surface area contributed by atoms with E-state index in [1.54, 1.807) is 0 Å². The summed E-state index contributed by atoms with van der Waals surface area (Å²) in [6, 6.07) is 9.33. The molecule has 0 radical (unpaired) electrons. The number of anilines is 1. The van der Waals surface area contributed by atoms with Gasteiger partial charge in [-0.25, -0.2) is 0 Å². The highest BCUT2D eigenvalue weighted by Gasteiger charge is 2.24. The van der Waals surface area contributed by atoms with Crippen LogP contribution in [0.15, 0.2) is 29.3 Å². The fraction of sp³-hybridized carbons (Fsp3) is 0.667. The first-order valence-corrected chi connectivity index (χ1v) is 10.4. The highest BCUT2D eigenvalue weighted by Crippen LogP contribution is 2.31. The number of fused-ring (bicyclic) bond motifs is 1. The number of hydrogen-bond acceptors (Lipinski definition) is 4. The molecule has 1 atom stereocenters. The van der Waals surface area contributed by atoms with Gasteiger partial charge in [0.15, 0.2) is 5.96 Å². The summed E-state index contributed by atoms with van der Waals surface area (Å²) in [5.41, 5.74) is 2.85. The number of hydrogen-bond donors (Lipinski definition) is 2. The lowest BCUT2D eigenvalue weighted by molar-refractivity contribution is 0.0377. The van der Waals surface area contributed by atoms with Crippen LogP contribution < -0.4 is 15.5 Å². The van der Waals surface area contributed by atoms with E-state index in [4.69, 9.17) is 9.73 Å². The number of ether oxygens (including phenoxy) is 1. The molecular formula is C21H35N5O. The second-order valence-corrected chi connectivity index (χ2v) is 7.37. The fourth-order valence-corrected chi connectivity index (χ4v) is 3.92. The Labute approximate surface area is 164 Å². The van der Waals surface area contributed by atoms with Gasteiger partial charge in [-0.15, -0.1) is 0 Å². The summed E-state index contributed by atoms with van der Waals surface area (Å²) in [5.74, 6) is 0.930. The molecule has 0 aliphatic carbocycles. The van der Waals surface area contributed by atoms with Gasteiger partial charge in [-0.1, -0.05) is 18.2 Å². The number of nitrogens with one attached hydrogen (secondary N) is 2. The van der Waals surface area contributed by atoms with Crippen molar-refractivity contribution in [3.63, 3.8) is 0 Å². The number of rotatable bonds is 8. The van der Waals surface area contributed by atoms with Gasteiger partial charge in [-0.3, -0.25) is 9.89 Å². The molecule has 1 unspecified atom stereocenters. The molecular weight excluding hydrogens is 338 g/mol. The highest BCUT2D eigenvalue weighted by molar-refractivity contribution is 5.79. The summed E-state index contributed by atoms with van der Waals surface area (Å²) >= 11 is 0. The lowest BCUT2D eigenvalue weighted by Crippen LogP contribution is -2.43. The third-order valence-electron chi connectivity index (χ3n) is 5.34. The maximum Gasteiger partial charge on any atom is 0.191 e. The van der Waals surface area contributed by atoms with E-state index >= 15 is 0 Å². The Morgan fingerprint density at radius 1 is 1.19 bits per heavy atom. The zero-order valence-corrected chi connectivity index (χ0v) is 16.9. The van der Waals surface area contributed by atoms with Crippen LogP contribution >= 0.6 is 0 Å². The van der Waals surface area contributed by atoms with Gasteiger partial charge in [0.05, 0.1) is 13.2 Å². The number of para-hydroxylation sites is 1. The van der Waals surface area contributed by atoms with Crippen molar-refractivity contribution in [2.75, 3.05) is 63.9 Å². The molecule has 1 saturated heterocycles. The number of nitrogens with zero attached hydrogens (tertiary/aromatic N) is 3. The van der Waals surface area contributed by atoms with E-state index in [1.165, 1.54) is 11.3 Å². The molecule has 0 bridgehead atoms. The van der Waals surface area contributed by atoms with Gasteiger partial charge in [-0.05, 0) is 38.3 Å². The molecule has 0 amide bonds. The minimum absolute atomic E-state index is 0.567. The Hall–Kier alpha value is -1.79. The average molecular weight is 374 g/mol. The van der Waals surface area contributed by atoms with Crippen molar-refractivity contribution in [2.24, 2.45) is 4.99 Å². The molecule has 1 aromatic carbocycles. The number of aliphatic imine (C=N–C) groups is 1. The molecule has 0 saturated carbocycles. The Morgan fingerprint density at radius 2 is 2.00 bits per heavy atom. The van der Waals surface area contributed by atoms with E-state index in [0.717, 1.165) is 77.8 Å². The van der Waals surface area contributed by atoms with Gasteiger partial charge >= 0.3 is 0 Å². The molecule has 1 fully saturated rings. The van der Waals surface area contributed by atoms with Crippen molar-refractivity contribution in [3.8, 4) is 0 Å². The SMILES string of the molecule is CCNC(=NCCCN1CCOCC1)NCCN1c2ccccc2CC1C. The molecule has 2 aliphatic rings. The Kier molecular flexibility index (Phi) is 7.78. The fourth-order valence-electron chi connectivity index (χ4n) is 3.92. The van der Waals surface area contributed by atoms with Crippen molar-refractivity contribution in [2.45, 2.75) is 32.7 Å². The van der Waals surface area contributed by atoms with Crippen LogP contribution in [-0.2, 0) is 11.2 Å². The summed E-state index contributed by atoms with van der Waals surface area (Å²) in [7, 11) is 0. The van der Waals surface area contributed by atoms with Gasteiger partial charge in [0.25, 0.3) is 0 Å². The van der Waals surface area contributed by atoms with Crippen LogP contribution in [-0.4, -0.2) is 75.9 Å². The molecule has 3 rings (SSSR count). The van der Waals surface area contributed by atoms with Gasteiger partial charge < -0.3 is 20.3 Å². The monoisotopic (exact) mass is 373 g/mol. The second-order valence-electron chi connectivity index (χ2n) is 7.37. The average Bonchev–Trinajstić information content (AvgIpc) is 3.01. The molecule has 6 heteroatoms. The maximum absolute atomic E-state index is 5.40. The van der Waals surface area contributed by atoms with Gasteiger partial charge in [0, 0.05) is 57.5 Å². The molecule has 0 spiro atoms. The van der Waals surface area contributed by atoms with Crippen molar-refractivity contribution < 1.29 is 4.74 Å². The molecule has 2 heterocycles. The molecule has 0 aromatic heterocycles. The van der Waals surface area contributed by atoms with Crippen LogP contribution in [0.1, 0.15) is 25.8 Å². The van der Waals surface area contributed by atoms with Crippen LogP contribution in [0.25, 0.3) is 0 Å². The Morgan fingerprint density at radius 3 is 2.81 bits per heavy atom. The zero-order valence-electron chi connectivity index (χ0n) is 16.9. The normalized spacial score (nSPS) is 20.6. The van der Waals surface area contributed by atoms with Crippen molar-refractivity contribution in [1.29, 1.82) is 0 Å². The molecule has 1 aromatic rings. The first kappa shape index (κ1) is 20.0. The Balaban J connectivity index is 1.41. The minimum atomic E-state index is 0.567. The van der Waals surface area contributed by atoms with E-state index in [1.807, 2.05) is 0 Å². The van der Waals surface area contributed by atoms with Crippen LogP contribution in [0, 0.1) is 0 Å². The zero-order chi connectivity index (χ0) is 18.9. The number of benzene rings is 1. The molecule has 150 valence electrons. The molecule has 2 N–H and O–H groups in total. The quantitative estimate of drug-likeness (QED) is 0.413. The summed E-state index contributed by atoms with van der Waals surface area (Å²) in [6.07, 6.45) is 2.24. The topological polar surface area (TPSA) is 52.1 Å². The van der Waals surface area contributed by atoms with Crippen molar-refractivity contribution in [3.05, 3.63) is 29.8 Å². The third kappa shape index (κ3) is 5.84. The van der Waals surface area contributed by atoms with E-state index in [9.17, 15) is 0 Å². The summed E-state index contributed by atoms with van der Waals surface area (Å²) in [4.78, 5) is 9.71. The number of guanidine groups is 1. The Bertz CT molecular complexity index is 600. The number of morpholine rings is 1. The summed E-state index contributed by atoms with van der Waals surface area (Å²) in [6.45, 7) is 13.0. The van der Waals surface area contributed by atoms with E-state index in [2.05, 4.69) is 58.5 Å². The smallest absolute Gasteiger partial charge is 0.191 e. The lowest BCUT2D eigenvalue weighted by Gasteiger charge is -2.26. The van der Waals surface area contributed by atoms with Crippen LogP contribution in [0.4, 0.5) is 5.69 Å². The van der Waals surface area contributed by atoms with Gasteiger partial charge in [0.1, 0.15) is 0 Å². The lowest BCUT2D eigenvalue weighted by atomic mass is 10.1. The van der Waals surface area contributed by atoms with Gasteiger partial charge in [0.2, 0.25) is 0 Å². The minimum Gasteiger partial charge on any atom is -0.379 e. The molecule has 6 nitrogen and oxygen atoms in total. The predicted octanol–water partition coefficient (Wildman–Crippen LogP) is 1.72. The standard InChI is InChI=1S/C21H35N5O/c1-3-22-21(23-9-6-11-25-13-15-27-16-14-25)24-10-12-26-18(2)17-19-7-4-5-8-20(19)26/h4-5,7-8,18H,3,6,9-17H2,1-2H3,(H2,22,23,24). The van der Waals surface area contributed by atoms with Crippen LogP contribution in [0.2, 0.25) is 0 Å². The first-order chi connectivity index (χ1) is 13.3. The van der Waals surface area contributed by atoms with E-state index in [0.29, 0.717) is 6.04 Å². The predicted molar refractivity (Wildman–Crippen MR) is 113 cm³/mol. The van der Waals surface area contributed by atoms with Crippen molar-refractivity contribution >= 4 is 11.6 Å². The largest absolute Gasteiger partial charge is 0.379 e. The summed E-state index contributed by atoms with van der Waals surface area (Å²) in [5, 5.41) is 6.86. The third-order valence-corrected chi connectivity index (χ3v) is 5.34. The summed E-state index contributed by atoms with van der Waals surface area (Å²) < 4.78 is 5.40. The molecule has 2 aliphatic heterocycles. The first-order valence-electron chi connectivity index (χ1n) is 10.4. The van der Waals surface area contributed by atoms with E-state index in [-0.39, 0.29) is 0 Å². The molecule has 27 heavy (non-hydrogen) atoms. The van der Waals surface area contributed by atoms with Crippen LogP contribution in [0.3, 0.4) is 0 Å². The van der Waals surface area contributed by atoms with E-state index < -0.39 is 0 Å². The maximum atomic E-state index is 5.40. The highest BCUT2D eigenvalue weighted by atomic mass is 16.5. The second kappa shape index (κ2) is 10.5. The van der Waals surface area contributed by atoms with Crippen molar-refractivity contribution in [1.82, 2.24) is 15.5 Å².